The summed E-state index contributed by atoms with van der Waals surface area (Å²) in [5.74, 6) is 0.678. The monoisotopic (exact) mass is 453 g/mol. The fourth-order valence-electron chi connectivity index (χ4n) is 3.28. The first kappa shape index (κ1) is 21.5. The summed E-state index contributed by atoms with van der Waals surface area (Å²) in [4.78, 5) is 8.91. The molecule has 2 aromatic carbocycles. The third-order valence-electron chi connectivity index (χ3n) is 4.97. The highest BCUT2D eigenvalue weighted by atomic mass is 32.2. The Hall–Kier alpha value is -2.75. The first-order chi connectivity index (χ1) is 14.9. The molecule has 0 aliphatic carbocycles. The molecule has 0 saturated heterocycles. The number of hydrogen-bond donors (Lipinski definition) is 1. The van der Waals surface area contributed by atoms with Gasteiger partial charge in [0.2, 0.25) is 10.0 Å². The molecule has 0 bridgehead atoms. The molecule has 0 saturated carbocycles. The van der Waals surface area contributed by atoms with Crippen molar-refractivity contribution in [2.75, 3.05) is 5.75 Å². The second-order valence-corrected chi connectivity index (χ2v) is 10.0. The molecule has 0 aliphatic heterocycles. The van der Waals surface area contributed by atoms with Gasteiger partial charge in [-0.15, -0.1) is 11.8 Å². The average molecular weight is 454 g/mol. The lowest BCUT2D eigenvalue weighted by molar-refractivity contribution is 0.551. The first-order valence-corrected chi connectivity index (χ1v) is 12.3. The van der Waals surface area contributed by atoms with Crippen LogP contribution in [0.15, 0.2) is 77.0 Å². The molecule has 2 heterocycles. The molecule has 2 aromatic heterocycles. The molecule has 0 amide bonds. The Balaban J connectivity index is 1.52. The normalized spacial score (nSPS) is 12.8. The van der Waals surface area contributed by atoms with E-state index in [1.807, 2.05) is 44.3 Å². The van der Waals surface area contributed by atoms with Gasteiger partial charge in [0.05, 0.1) is 16.5 Å². The van der Waals surface area contributed by atoms with E-state index in [1.165, 1.54) is 6.33 Å². The summed E-state index contributed by atoms with van der Waals surface area (Å²) in [6, 6.07) is 16.2. The van der Waals surface area contributed by atoms with E-state index in [2.05, 4.69) is 19.8 Å². The van der Waals surface area contributed by atoms with Gasteiger partial charge in [0.15, 0.2) is 5.65 Å². The number of sulfonamides is 1. The molecule has 31 heavy (non-hydrogen) atoms. The van der Waals surface area contributed by atoms with Crippen molar-refractivity contribution in [3.8, 4) is 0 Å². The summed E-state index contributed by atoms with van der Waals surface area (Å²) in [7, 11) is -1.81. The molecule has 4 rings (SSSR count). The summed E-state index contributed by atoms with van der Waals surface area (Å²) >= 11 is 1.57. The Bertz CT molecular complexity index is 1270. The largest absolute Gasteiger partial charge is 0.250 e. The molecule has 0 aliphatic rings. The topological polar surface area (TPSA) is 89.8 Å². The minimum absolute atomic E-state index is 0.263. The van der Waals surface area contributed by atoms with Gasteiger partial charge in [0, 0.05) is 18.8 Å². The number of rotatable bonds is 8. The van der Waals surface area contributed by atoms with E-state index < -0.39 is 10.0 Å². The predicted molar refractivity (Wildman–Crippen MR) is 122 cm³/mol. The van der Waals surface area contributed by atoms with E-state index in [0.717, 1.165) is 27.2 Å². The van der Waals surface area contributed by atoms with Crippen molar-refractivity contribution in [1.82, 2.24) is 24.5 Å². The van der Waals surface area contributed by atoms with Crippen molar-refractivity contribution >= 4 is 32.8 Å². The van der Waals surface area contributed by atoms with Crippen LogP contribution in [0.5, 0.6) is 0 Å². The molecule has 7 nitrogen and oxygen atoms in total. The third kappa shape index (κ3) is 4.95. The Morgan fingerprint density at radius 1 is 1.06 bits per heavy atom. The lowest BCUT2D eigenvalue weighted by Crippen LogP contribution is -2.29. The van der Waals surface area contributed by atoms with Crippen molar-refractivity contribution in [1.29, 1.82) is 0 Å². The molecule has 0 fully saturated rings. The Morgan fingerprint density at radius 3 is 2.55 bits per heavy atom. The van der Waals surface area contributed by atoms with E-state index in [4.69, 9.17) is 0 Å². The maximum atomic E-state index is 13.0. The zero-order valence-electron chi connectivity index (χ0n) is 17.3. The van der Waals surface area contributed by atoms with Gasteiger partial charge in [-0.2, -0.15) is 5.10 Å². The van der Waals surface area contributed by atoms with Crippen molar-refractivity contribution in [2.45, 2.75) is 29.3 Å². The second-order valence-electron chi connectivity index (χ2n) is 7.22. The summed E-state index contributed by atoms with van der Waals surface area (Å²) in [6.45, 7) is 1.93. The average Bonchev–Trinajstić information content (AvgIpc) is 3.16. The molecule has 1 unspecified atom stereocenters. The van der Waals surface area contributed by atoms with Crippen LogP contribution in [0.3, 0.4) is 0 Å². The van der Waals surface area contributed by atoms with Crippen molar-refractivity contribution < 1.29 is 8.42 Å². The van der Waals surface area contributed by atoms with E-state index in [9.17, 15) is 8.42 Å². The quantitative estimate of drug-likeness (QED) is 0.322. The first-order valence-electron chi connectivity index (χ1n) is 9.83. The zero-order valence-corrected chi connectivity index (χ0v) is 18.9. The fourth-order valence-corrected chi connectivity index (χ4v) is 5.51. The molecule has 9 heteroatoms. The van der Waals surface area contributed by atoms with Crippen LogP contribution in [0.4, 0.5) is 0 Å². The third-order valence-corrected chi connectivity index (χ3v) is 7.49. The van der Waals surface area contributed by atoms with Crippen LogP contribution in [-0.2, 0) is 17.1 Å². The van der Waals surface area contributed by atoms with Crippen LogP contribution < -0.4 is 4.72 Å². The van der Waals surface area contributed by atoms with Crippen LogP contribution >= 0.6 is 11.8 Å². The van der Waals surface area contributed by atoms with Gasteiger partial charge in [-0.25, -0.2) is 23.1 Å². The summed E-state index contributed by atoms with van der Waals surface area (Å²) < 4.78 is 30.6. The van der Waals surface area contributed by atoms with E-state index in [1.54, 1.807) is 46.9 Å². The molecule has 0 radical (unpaired) electrons. The van der Waals surface area contributed by atoms with Crippen molar-refractivity contribution in [2.24, 2.45) is 7.05 Å². The number of nitrogens with zero attached hydrogens (tertiary/aromatic N) is 4. The zero-order chi connectivity index (χ0) is 21.8. The van der Waals surface area contributed by atoms with Gasteiger partial charge in [0.1, 0.15) is 11.4 Å². The summed E-state index contributed by atoms with van der Waals surface area (Å²) in [5.41, 5.74) is 2.71. The van der Waals surface area contributed by atoms with Gasteiger partial charge in [0.25, 0.3) is 0 Å². The van der Waals surface area contributed by atoms with Crippen LogP contribution in [0.25, 0.3) is 11.0 Å². The number of aromatic nitrogens is 4. The van der Waals surface area contributed by atoms with E-state index in [0.29, 0.717) is 12.2 Å². The molecule has 1 atom stereocenters. The van der Waals surface area contributed by atoms with Crippen LogP contribution in [0, 0.1) is 6.92 Å². The molecule has 160 valence electrons. The lowest BCUT2D eigenvalue weighted by atomic mass is 10.1. The van der Waals surface area contributed by atoms with E-state index >= 15 is 0 Å². The molecule has 1 N–H and O–H groups in total. The van der Waals surface area contributed by atoms with Crippen molar-refractivity contribution in [3.05, 3.63) is 78.2 Å². The number of fused-ring (bicyclic) bond motifs is 1. The SMILES string of the molecule is Cc1ccc(S(=O)(=O)NC(CCSc2ncnc3c2cnn3C)c2ccccc2)cc1. The maximum Gasteiger partial charge on any atom is 0.241 e. The fraction of sp³-hybridized carbons (Fsp3) is 0.227. The minimum atomic E-state index is -3.65. The minimum Gasteiger partial charge on any atom is -0.250 e. The number of thioether (sulfide) groups is 1. The maximum absolute atomic E-state index is 13.0. The van der Waals surface area contributed by atoms with Gasteiger partial charge in [-0.05, 0) is 31.0 Å². The van der Waals surface area contributed by atoms with E-state index in [-0.39, 0.29) is 10.9 Å². The highest BCUT2D eigenvalue weighted by molar-refractivity contribution is 7.99. The standard InChI is InChI=1S/C22H23N5O2S2/c1-16-8-10-18(11-9-16)31(28,29)26-20(17-6-4-3-5-7-17)12-13-30-22-19-14-25-27(2)21(19)23-15-24-22/h3-11,14-15,20,26H,12-13H2,1-2H3. The van der Waals surface area contributed by atoms with Crippen molar-refractivity contribution in [3.63, 3.8) is 0 Å². The molecule has 0 spiro atoms. The van der Waals surface area contributed by atoms with Crippen LogP contribution in [0.1, 0.15) is 23.6 Å². The Kier molecular flexibility index (Phi) is 6.35. The van der Waals surface area contributed by atoms with Gasteiger partial charge >= 0.3 is 0 Å². The molecular weight excluding hydrogens is 430 g/mol. The van der Waals surface area contributed by atoms with Crippen LogP contribution in [0.2, 0.25) is 0 Å². The Labute approximate surface area is 186 Å². The number of hydrogen-bond acceptors (Lipinski definition) is 6. The number of benzene rings is 2. The highest BCUT2D eigenvalue weighted by Crippen LogP contribution is 2.28. The summed E-state index contributed by atoms with van der Waals surface area (Å²) in [5, 5.41) is 5.98. The second kappa shape index (κ2) is 9.17. The van der Waals surface area contributed by atoms with Crippen LogP contribution in [-0.4, -0.2) is 33.9 Å². The molecule has 4 aromatic rings. The predicted octanol–water partition coefficient (Wildman–Crippen LogP) is 3.87. The number of nitrogens with one attached hydrogen (secondary N) is 1. The lowest BCUT2D eigenvalue weighted by Gasteiger charge is -2.19. The van der Waals surface area contributed by atoms with Gasteiger partial charge in [-0.3, -0.25) is 4.68 Å². The summed E-state index contributed by atoms with van der Waals surface area (Å²) in [6.07, 6.45) is 3.89. The molecular formula is C22H23N5O2S2. The number of aryl methyl sites for hydroxylation is 2. The highest BCUT2D eigenvalue weighted by Gasteiger charge is 2.21. The Morgan fingerprint density at radius 2 is 1.81 bits per heavy atom. The van der Waals surface area contributed by atoms with Gasteiger partial charge < -0.3 is 0 Å². The van der Waals surface area contributed by atoms with Gasteiger partial charge in [-0.1, -0.05) is 48.0 Å². The smallest absolute Gasteiger partial charge is 0.241 e.